The van der Waals surface area contributed by atoms with E-state index in [1.54, 1.807) is 6.07 Å². The van der Waals surface area contributed by atoms with Crippen molar-refractivity contribution in [2.24, 2.45) is 14.1 Å². The Bertz CT molecular complexity index is 752. The van der Waals surface area contributed by atoms with Crippen LogP contribution in [0.25, 0.3) is 0 Å². The van der Waals surface area contributed by atoms with Crippen molar-refractivity contribution >= 4 is 23.2 Å². The van der Waals surface area contributed by atoms with Crippen LogP contribution in [-0.4, -0.2) is 14.3 Å². The highest BCUT2D eigenvalue weighted by atomic mass is 35.5. The van der Waals surface area contributed by atoms with E-state index in [-0.39, 0.29) is 16.7 Å². The second-order valence-corrected chi connectivity index (χ2v) is 4.60. The Hall–Kier alpha value is -1.79. The van der Waals surface area contributed by atoms with Crippen LogP contribution in [0.5, 0.6) is 11.6 Å². The average molecular weight is 302 g/mol. The standard InChI is InChI=1S/C11H9Cl2N3O3/c1-15-10(17)9(14-16(2)11(15)18)19-8-5-6(12)3-4-7(8)13/h3-5H,1-2H3. The van der Waals surface area contributed by atoms with Crippen LogP contribution in [0.15, 0.2) is 27.8 Å². The number of hydrogen-bond donors (Lipinski definition) is 0. The van der Waals surface area contributed by atoms with Crippen LogP contribution in [0.2, 0.25) is 10.0 Å². The number of nitrogens with zero attached hydrogens (tertiary/aromatic N) is 3. The molecule has 100 valence electrons. The quantitative estimate of drug-likeness (QED) is 0.844. The molecule has 6 nitrogen and oxygen atoms in total. The molecule has 0 spiro atoms. The molecule has 0 N–H and O–H groups in total. The SMILES string of the molecule is Cn1nc(Oc2cc(Cl)ccc2Cl)c(=O)n(C)c1=O. The summed E-state index contributed by atoms with van der Waals surface area (Å²) in [4.78, 5) is 23.3. The lowest BCUT2D eigenvalue weighted by Gasteiger charge is -2.08. The van der Waals surface area contributed by atoms with Crippen molar-refractivity contribution in [3.63, 3.8) is 0 Å². The first kappa shape index (κ1) is 13.6. The highest BCUT2D eigenvalue weighted by molar-refractivity contribution is 6.34. The average Bonchev–Trinajstić information content (AvgIpc) is 2.37. The van der Waals surface area contributed by atoms with Crippen molar-refractivity contribution in [1.82, 2.24) is 14.3 Å². The van der Waals surface area contributed by atoms with Crippen molar-refractivity contribution in [1.29, 1.82) is 0 Å². The number of benzene rings is 1. The highest BCUT2D eigenvalue weighted by Crippen LogP contribution is 2.29. The van der Waals surface area contributed by atoms with Gasteiger partial charge >= 0.3 is 17.1 Å². The van der Waals surface area contributed by atoms with E-state index in [9.17, 15) is 9.59 Å². The Morgan fingerprint density at radius 2 is 1.89 bits per heavy atom. The third kappa shape index (κ3) is 2.64. The molecule has 0 atom stereocenters. The summed E-state index contributed by atoms with van der Waals surface area (Å²) in [5, 5.41) is 4.43. The van der Waals surface area contributed by atoms with Crippen molar-refractivity contribution in [2.45, 2.75) is 0 Å². The minimum absolute atomic E-state index is 0.192. The fourth-order valence-corrected chi connectivity index (χ4v) is 1.71. The Morgan fingerprint density at radius 3 is 2.58 bits per heavy atom. The molecule has 0 aliphatic heterocycles. The lowest BCUT2D eigenvalue weighted by Crippen LogP contribution is -2.38. The van der Waals surface area contributed by atoms with Gasteiger partial charge < -0.3 is 4.74 Å². The summed E-state index contributed by atoms with van der Waals surface area (Å²) in [5.74, 6) is -0.0637. The van der Waals surface area contributed by atoms with E-state index in [1.807, 2.05) is 0 Å². The van der Waals surface area contributed by atoms with Gasteiger partial charge in [-0.15, -0.1) is 5.10 Å². The number of aromatic nitrogens is 3. The molecule has 0 aliphatic carbocycles. The number of ether oxygens (including phenoxy) is 1. The molecule has 2 rings (SSSR count). The topological polar surface area (TPSA) is 66.1 Å². The van der Waals surface area contributed by atoms with Crippen LogP contribution in [0.1, 0.15) is 0 Å². The monoisotopic (exact) mass is 301 g/mol. The first-order valence-electron chi connectivity index (χ1n) is 5.17. The van der Waals surface area contributed by atoms with E-state index < -0.39 is 11.2 Å². The lowest BCUT2D eigenvalue weighted by atomic mass is 10.3. The Morgan fingerprint density at radius 1 is 1.21 bits per heavy atom. The number of rotatable bonds is 2. The van der Waals surface area contributed by atoms with Crippen molar-refractivity contribution in [2.75, 3.05) is 0 Å². The third-order valence-electron chi connectivity index (χ3n) is 2.39. The van der Waals surface area contributed by atoms with E-state index in [1.165, 1.54) is 26.2 Å². The number of aryl methyl sites for hydroxylation is 1. The van der Waals surface area contributed by atoms with Crippen LogP contribution < -0.4 is 16.0 Å². The zero-order chi connectivity index (χ0) is 14.2. The smallest absolute Gasteiger partial charge is 0.347 e. The van der Waals surface area contributed by atoms with Gasteiger partial charge in [0.1, 0.15) is 5.75 Å². The summed E-state index contributed by atoms with van der Waals surface area (Å²) < 4.78 is 7.20. The van der Waals surface area contributed by atoms with Gasteiger partial charge in [-0.1, -0.05) is 23.2 Å². The maximum absolute atomic E-state index is 11.8. The molecule has 8 heteroatoms. The summed E-state index contributed by atoms with van der Waals surface area (Å²) in [6, 6.07) is 4.57. The second-order valence-electron chi connectivity index (χ2n) is 3.75. The van der Waals surface area contributed by atoms with Crippen LogP contribution in [0.4, 0.5) is 0 Å². The lowest BCUT2D eigenvalue weighted by molar-refractivity contribution is 0.414. The fraction of sp³-hybridized carbons (Fsp3) is 0.182. The summed E-state index contributed by atoms with van der Waals surface area (Å²) in [7, 11) is 2.74. The first-order chi connectivity index (χ1) is 8.90. The van der Waals surface area contributed by atoms with E-state index >= 15 is 0 Å². The molecule has 1 heterocycles. The van der Waals surface area contributed by atoms with Gasteiger partial charge in [-0.05, 0) is 12.1 Å². The Labute approximate surface area is 117 Å². The number of hydrogen-bond acceptors (Lipinski definition) is 4. The van der Waals surface area contributed by atoms with Gasteiger partial charge in [-0.2, -0.15) is 0 Å². The zero-order valence-electron chi connectivity index (χ0n) is 10.1. The highest BCUT2D eigenvalue weighted by Gasteiger charge is 2.13. The minimum Gasteiger partial charge on any atom is -0.432 e. The predicted octanol–water partition coefficient (Wildman–Crippen LogP) is 1.58. The molecule has 19 heavy (non-hydrogen) atoms. The van der Waals surface area contributed by atoms with Crippen LogP contribution in [0, 0.1) is 0 Å². The van der Waals surface area contributed by atoms with Gasteiger partial charge in [0, 0.05) is 25.2 Å². The van der Waals surface area contributed by atoms with E-state index in [4.69, 9.17) is 27.9 Å². The minimum atomic E-state index is -0.654. The van der Waals surface area contributed by atoms with E-state index in [0.717, 1.165) is 9.25 Å². The Kier molecular flexibility index (Phi) is 3.64. The van der Waals surface area contributed by atoms with E-state index in [0.29, 0.717) is 5.02 Å². The number of halogens is 2. The molecule has 0 saturated carbocycles. The van der Waals surface area contributed by atoms with Gasteiger partial charge in [0.05, 0.1) is 5.02 Å². The Balaban J connectivity index is 2.53. The third-order valence-corrected chi connectivity index (χ3v) is 2.94. The second kappa shape index (κ2) is 5.07. The van der Waals surface area contributed by atoms with Crippen molar-refractivity contribution < 1.29 is 4.74 Å². The molecular formula is C11H9Cl2N3O3. The largest absolute Gasteiger partial charge is 0.432 e. The van der Waals surface area contributed by atoms with Gasteiger partial charge in [0.15, 0.2) is 0 Å². The molecule has 0 saturated heterocycles. The maximum Gasteiger partial charge on any atom is 0.347 e. The normalized spacial score (nSPS) is 10.5. The van der Waals surface area contributed by atoms with Crippen LogP contribution >= 0.6 is 23.2 Å². The molecular weight excluding hydrogens is 293 g/mol. The van der Waals surface area contributed by atoms with Gasteiger partial charge in [-0.25, -0.2) is 9.48 Å². The van der Waals surface area contributed by atoms with Crippen LogP contribution in [-0.2, 0) is 14.1 Å². The molecule has 2 aromatic rings. The zero-order valence-corrected chi connectivity index (χ0v) is 11.6. The van der Waals surface area contributed by atoms with Gasteiger partial charge in [0.2, 0.25) is 0 Å². The van der Waals surface area contributed by atoms with Gasteiger partial charge in [0.25, 0.3) is 0 Å². The summed E-state index contributed by atoms with van der Waals surface area (Å²) in [6.07, 6.45) is 0. The summed E-state index contributed by atoms with van der Waals surface area (Å²) in [5.41, 5.74) is -1.20. The fourth-order valence-electron chi connectivity index (χ4n) is 1.39. The van der Waals surface area contributed by atoms with Gasteiger partial charge in [-0.3, -0.25) is 9.36 Å². The maximum atomic E-state index is 11.8. The molecule has 1 aromatic heterocycles. The first-order valence-corrected chi connectivity index (χ1v) is 5.93. The molecule has 0 amide bonds. The molecule has 1 aromatic carbocycles. The summed E-state index contributed by atoms with van der Waals surface area (Å²) >= 11 is 11.7. The predicted molar refractivity (Wildman–Crippen MR) is 71.3 cm³/mol. The van der Waals surface area contributed by atoms with Crippen molar-refractivity contribution in [3.05, 3.63) is 49.1 Å². The summed E-state index contributed by atoms with van der Waals surface area (Å²) in [6.45, 7) is 0. The van der Waals surface area contributed by atoms with E-state index in [2.05, 4.69) is 5.10 Å². The van der Waals surface area contributed by atoms with Crippen LogP contribution in [0.3, 0.4) is 0 Å². The molecule has 0 aliphatic rings. The molecule has 0 radical (unpaired) electrons. The molecule has 0 fully saturated rings. The van der Waals surface area contributed by atoms with Crippen molar-refractivity contribution in [3.8, 4) is 11.6 Å². The molecule has 0 unspecified atom stereocenters. The molecule has 0 bridgehead atoms.